The second kappa shape index (κ2) is 13.0. The number of allylic oxidation sites excluding steroid dienone is 1. The van der Waals surface area contributed by atoms with Crippen LogP contribution in [0.4, 0.5) is 0 Å². The maximum atomic E-state index is 11.6. The van der Waals surface area contributed by atoms with Crippen molar-refractivity contribution in [1.82, 2.24) is 0 Å². The molecule has 1 aliphatic rings. The van der Waals surface area contributed by atoms with E-state index in [1.165, 1.54) is 25.7 Å². The van der Waals surface area contributed by atoms with Gasteiger partial charge in [-0.3, -0.25) is 0 Å². The molecule has 23 heavy (non-hydrogen) atoms. The van der Waals surface area contributed by atoms with Crippen molar-refractivity contribution in [3.8, 4) is 0 Å². The van der Waals surface area contributed by atoms with E-state index in [-0.39, 0.29) is 18.2 Å². The van der Waals surface area contributed by atoms with Gasteiger partial charge in [-0.05, 0) is 49.2 Å². The minimum absolute atomic E-state index is 0.0903. The summed E-state index contributed by atoms with van der Waals surface area (Å²) in [7, 11) is 1.64. The zero-order valence-electron chi connectivity index (χ0n) is 14.3. The number of methoxy groups -OCH3 is 1. The van der Waals surface area contributed by atoms with Crippen LogP contribution < -0.4 is 0 Å². The molecule has 132 valence electrons. The van der Waals surface area contributed by atoms with E-state index in [0.29, 0.717) is 6.79 Å². The summed E-state index contributed by atoms with van der Waals surface area (Å²) in [5.74, 6) is -0.175. The van der Waals surface area contributed by atoms with E-state index in [9.17, 15) is 4.79 Å². The summed E-state index contributed by atoms with van der Waals surface area (Å²) in [6.45, 7) is 2.20. The van der Waals surface area contributed by atoms with Crippen molar-refractivity contribution in [3.05, 3.63) is 21.8 Å². The molecular weight excluding hydrogens is 407 g/mol. The van der Waals surface area contributed by atoms with E-state index in [1.54, 1.807) is 7.11 Å². The van der Waals surface area contributed by atoms with Gasteiger partial charge in [0.15, 0.2) is 0 Å². The van der Waals surface area contributed by atoms with Crippen LogP contribution >= 0.6 is 22.6 Å². The Morgan fingerprint density at radius 3 is 2.74 bits per heavy atom. The van der Waals surface area contributed by atoms with Gasteiger partial charge in [-0.2, -0.15) is 0 Å². The standard InChI is InChI=1S/C18H29IO4/c1-15-13-16(18(20)23-15)10-11-17(22-14-21-2)9-7-5-3-4-6-8-12-19/h8,12-13,15,17H,3-7,9-11,14H2,1-2H3/b12-8+/t15-,17-/m0/s1. The highest BCUT2D eigenvalue weighted by atomic mass is 127. The average molecular weight is 436 g/mol. The first-order valence-electron chi connectivity index (χ1n) is 8.44. The van der Waals surface area contributed by atoms with Gasteiger partial charge in [0.2, 0.25) is 0 Å². The molecule has 0 bridgehead atoms. The quantitative estimate of drug-likeness (QED) is 0.178. The Kier molecular flexibility index (Phi) is 11.6. The Morgan fingerprint density at radius 1 is 1.30 bits per heavy atom. The number of hydrogen-bond donors (Lipinski definition) is 0. The number of ether oxygens (including phenoxy) is 3. The monoisotopic (exact) mass is 436 g/mol. The number of esters is 1. The number of unbranched alkanes of at least 4 members (excludes halogenated alkanes) is 4. The van der Waals surface area contributed by atoms with E-state index in [4.69, 9.17) is 14.2 Å². The average Bonchev–Trinajstić information content (AvgIpc) is 2.86. The summed E-state index contributed by atoms with van der Waals surface area (Å²) >= 11 is 2.26. The topological polar surface area (TPSA) is 44.8 Å². The van der Waals surface area contributed by atoms with Gasteiger partial charge in [0, 0.05) is 12.7 Å². The Bertz CT molecular complexity index is 392. The van der Waals surface area contributed by atoms with Crippen molar-refractivity contribution in [2.24, 2.45) is 0 Å². The SMILES string of the molecule is COCO[C@@H](CCCCCC/C=C/I)CCC1=C[C@H](C)OC1=O. The molecule has 5 heteroatoms. The van der Waals surface area contributed by atoms with Crippen LogP contribution in [0.1, 0.15) is 58.3 Å². The van der Waals surface area contributed by atoms with E-state index in [1.807, 2.05) is 13.0 Å². The third kappa shape index (κ3) is 9.47. The Morgan fingerprint density at radius 2 is 2.09 bits per heavy atom. The molecule has 1 rings (SSSR count). The normalized spacial score (nSPS) is 19.2. The van der Waals surface area contributed by atoms with Gasteiger partial charge >= 0.3 is 5.97 Å². The lowest BCUT2D eigenvalue weighted by Crippen LogP contribution is -2.16. The van der Waals surface area contributed by atoms with Gasteiger partial charge in [0.05, 0.1) is 6.10 Å². The van der Waals surface area contributed by atoms with Crippen molar-refractivity contribution in [1.29, 1.82) is 0 Å². The molecule has 0 aliphatic carbocycles. The molecule has 0 aromatic heterocycles. The molecule has 4 nitrogen and oxygen atoms in total. The first-order valence-corrected chi connectivity index (χ1v) is 9.69. The van der Waals surface area contributed by atoms with Gasteiger partial charge in [-0.15, -0.1) is 0 Å². The molecule has 2 atom stereocenters. The Labute approximate surface area is 153 Å². The van der Waals surface area contributed by atoms with Crippen molar-refractivity contribution in [2.45, 2.75) is 70.5 Å². The summed E-state index contributed by atoms with van der Waals surface area (Å²) in [6, 6.07) is 0. The number of rotatable bonds is 13. The molecule has 1 heterocycles. The van der Waals surface area contributed by atoms with Gasteiger partial charge in [-0.25, -0.2) is 4.79 Å². The number of halogens is 1. The number of hydrogen-bond acceptors (Lipinski definition) is 4. The largest absolute Gasteiger partial charge is 0.455 e. The number of carbonyl (C=O) groups excluding carboxylic acids is 1. The van der Waals surface area contributed by atoms with Crippen LogP contribution in [0.25, 0.3) is 0 Å². The molecule has 0 N–H and O–H groups in total. The van der Waals surface area contributed by atoms with Gasteiger partial charge in [0.25, 0.3) is 0 Å². The van der Waals surface area contributed by atoms with Gasteiger partial charge < -0.3 is 14.2 Å². The third-order valence-electron chi connectivity index (χ3n) is 3.88. The van der Waals surface area contributed by atoms with Crippen molar-refractivity contribution >= 4 is 28.6 Å². The highest BCUT2D eigenvalue weighted by Gasteiger charge is 2.23. The zero-order chi connectivity index (χ0) is 16.9. The van der Waals surface area contributed by atoms with E-state index < -0.39 is 0 Å². The lowest BCUT2D eigenvalue weighted by Gasteiger charge is -2.17. The zero-order valence-corrected chi connectivity index (χ0v) is 16.4. The molecule has 0 amide bonds. The van der Waals surface area contributed by atoms with Crippen molar-refractivity contribution in [2.75, 3.05) is 13.9 Å². The number of cyclic esters (lactones) is 1. The maximum absolute atomic E-state index is 11.6. The first kappa shape index (κ1) is 20.6. The summed E-state index contributed by atoms with van der Waals surface area (Å²) in [5, 5.41) is 0. The molecule has 0 radical (unpaired) electrons. The predicted molar refractivity (Wildman–Crippen MR) is 100 cm³/mol. The smallest absolute Gasteiger partial charge is 0.334 e. The van der Waals surface area contributed by atoms with Crippen LogP contribution in [0.2, 0.25) is 0 Å². The van der Waals surface area contributed by atoms with Crippen LogP contribution in [0.15, 0.2) is 21.8 Å². The van der Waals surface area contributed by atoms with Crippen LogP contribution in [0.3, 0.4) is 0 Å². The predicted octanol–water partition coefficient (Wildman–Crippen LogP) is 4.92. The second-order valence-electron chi connectivity index (χ2n) is 5.89. The molecule has 0 aromatic carbocycles. The summed E-state index contributed by atoms with van der Waals surface area (Å²) in [4.78, 5) is 11.6. The van der Waals surface area contributed by atoms with Crippen LogP contribution in [-0.4, -0.2) is 32.1 Å². The van der Waals surface area contributed by atoms with E-state index >= 15 is 0 Å². The summed E-state index contributed by atoms with van der Waals surface area (Å²) < 4.78 is 18.0. The van der Waals surface area contributed by atoms with Gasteiger partial charge in [0.1, 0.15) is 12.9 Å². The molecule has 0 saturated heterocycles. The maximum Gasteiger partial charge on any atom is 0.334 e. The highest BCUT2D eigenvalue weighted by Crippen LogP contribution is 2.21. The molecule has 1 aliphatic heterocycles. The third-order valence-corrected chi connectivity index (χ3v) is 4.39. The minimum atomic E-state index is -0.175. The summed E-state index contributed by atoms with van der Waals surface area (Å²) in [6.07, 6.45) is 12.8. The van der Waals surface area contributed by atoms with E-state index in [0.717, 1.165) is 31.3 Å². The molecule has 0 spiro atoms. The van der Waals surface area contributed by atoms with Crippen LogP contribution in [0.5, 0.6) is 0 Å². The van der Waals surface area contributed by atoms with E-state index in [2.05, 4.69) is 32.7 Å². The molecule has 0 aromatic rings. The molecule has 0 saturated carbocycles. The Hall–Kier alpha value is -0.400. The molecular formula is C18H29IO4. The minimum Gasteiger partial charge on any atom is -0.455 e. The van der Waals surface area contributed by atoms with Gasteiger partial charge in [-0.1, -0.05) is 47.9 Å². The van der Waals surface area contributed by atoms with Crippen molar-refractivity contribution < 1.29 is 19.0 Å². The fraction of sp³-hybridized carbons (Fsp3) is 0.722. The second-order valence-corrected chi connectivity index (χ2v) is 6.61. The van der Waals surface area contributed by atoms with Crippen LogP contribution in [0, 0.1) is 0 Å². The fourth-order valence-electron chi connectivity index (χ4n) is 2.66. The summed E-state index contributed by atoms with van der Waals surface area (Å²) in [5.41, 5.74) is 0.786. The molecule has 0 unspecified atom stereocenters. The van der Waals surface area contributed by atoms with Crippen molar-refractivity contribution in [3.63, 3.8) is 0 Å². The Balaban J connectivity index is 2.23. The fourth-order valence-corrected chi connectivity index (χ4v) is 3.02. The highest BCUT2D eigenvalue weighted by molar-refractivity contribution is 14.1. The lowest BCUT2D eigenvalue weighted by atomic mass is 10.0. The number of carbonyl (C=O) groups is 1. The lowest BCUT2D eigenvalue weighted by molar-refractivity contribution is -0.139. The van der Waals surface area contributed by atoms with Crippen LogP contribution in [-0.2, 0) is 19.0 Å². The molecule has 0 fully saturated rings. The first-order chi connectivity index (χ1) is 11.2.